The molecule has 0 heterocycles. The number of hydrogen-bond donors (Lipinski definition) is 1. The molecule has 17 heavy (non-hydrogen) atoms. The molecule has 0 atom stereocenters. The molecule has 0 saturated heterocycles. The lowest BCUT2D eigenvalue weighted by atomic mass is 10.2. The van der Waals surface area contributed by atoms with Crippen molar-refractivity contribution in [2.45, 2.75) is 6.54 Å². The van der Waals surface area contributed by atoms with Crippen LogP contribution in [0, 0.1) is 0 Å². The van der Waals surface area contributed by atoms with Gasteiger partial charge in [0.25, 0.3) is 0 Å². The van der Waals surface area contributed by atoms with Crippen LogP contribution in [0.1, 0.15) is 5.56 Å². The average molecular weight is 315 g/mol. The molecule has 0 radical (unpaired) electrons. The first kappa shape index (κ1) is 14.0. The minimum absolute atomic E-state index is 0. The van der Waals surface area contributed by atoms with Gasteiger partial charge in [-0.15, -0.1) is 12.4 Å². The van der Waals surface area contributed by atoms with Crippen LogP contribution in [-0.2, 0) is 6.54 Å². The highest BCUT2D eigenvalue weighted by Gasteiger charge is 1.97. The summed E-state index contributed by atoms with van der Waals surface area (Å²) in [5, 5.41) is 0. The van der Waals surface area contributed by atoms with Gasteiger partial charge >= 0.3 is 0 Å². The molecular weight excluding hydrogens is 302 g/mol. The van der Waals surface area contributed by atoms with Crippen LogP contribution >= 0.6 is 28.3 Å². The first-order valence-corrected chi connectivity index (χ1v) is 5.79. The monoisotopic (exact) mass is 313 g/mol. The molecule has 2 aromatic carbocycles. The lowest BCUT2D eigenvalue weighted by Crippen LogP contribution is -1.95. The lowest BCUT2D eigenvalue weighted by molar-refractivity contribution is 0.482. The fourth-order valence-corrected chi connectivity index (χ4v) is 1.60. The SMILES string of the molecule is Cl.NCc1ccc(Oc2ccc(Br)cc2)cc1. The summed E-state index contributed by atoms with van der Waals surface area (Å²) in [7, 11) is 0. The molecule has 0 unspecified atom stereocenters. The van der Waals surface area contributed by atoms with Crippen molar-refractivity contribution in [2.75, 3.05) is 0 Å². The van der Waals surface area contributed by atoms with Crippen LogP contribution in [0.25, 0.3) is 0 Å². The van der Waals surface area contributed by atoms with E-state index in [0.29, 0.717) is 6.54 Å². The van der Waals surface area contributed by atoms with Crippen LogP contribution in [0.2, 0.25) is 0 Å². The van der Waals surface area contributed by atoms with Crippen LogP contribution < -0.4 is 10.5 Å². The Morgan fingerprint density at radius 1 is 0.882 bits per heavy atom. The minimum Gasteiger partial charge on any atom is -0.457 e. The molecule has 4 heteroatoms. The van der Waals surface area contributed by atoms with E-state index < -0.39 is 0 Å². The molecule has 0 spiro atoms. The minimum atomic E-state index is 0. The maximum absolute atomic E-state index is 5.67. The summed E-state index contributed by atoms with van der Waals surface area (Å²) in [6.45, 7) is 0.554. The lowest BCUT2D eigenvalue weighted by Gasteiger charge is -2.06. The Labute approximate surface area is 115 Å². The second-order valence-electron chi connectivity index (χ2n) is 3.40. The van der Waals surface area contributed by atoms with E-state index in [0.717, 1.165) is 21.5 Å². The van der Waals surface area contributed by atoms with Gasteiger partial charge in [-0.25, -0.2) is 0 Å². The topological polar surface area (TPSA) is 35.2 Å². The van der Waals surface area contributed by atoms with Crippen molar-refractivity contribution in [3.63, 3.8) is 0 Å². The predicted octanol–water partition coefficient (Wildman–Crippen LogP) is 4.12. The number of benzene rings is 2. The van der Waals surface area contributed by atoms with Crippen LogP contribution in [-0.4, -0.2) is 0 Å². The molecule has 0 amide bonds. The number of ether oxygens (including phenoxy) is 1. The number of halogens is 2. The van der Waals surface area contributed by atoms with Crippen molar-refractivity contribution < 1.29 is 4.74 Å². The van der Waals surface area contributed by atoms with E-state index in [-0.39, 0.29) is 12.4 Å². The van der Waals surface area contributed by atoms with Crippen LogP contribution in [0.5, 0.6) is 11.5 Å². The van der Waals surface area contributed by atoms with Gasteiger partial charge < -0.3 is 10.5 Å². The van der Waals surface area contributed by atoms with Gasteiger partial charge in [0.1, 0.15) is 11.5 Å². The summed E-state index contributed by atoms with van der Waals surface area (Å²) in [5.41, 5.74) is 6.62. The van der Waals surface area contributed by atoms with Gasteiger partial charge in [0.05, 0.1) is 0 Å². The number of nitrogens with two attached hydrogens (primary N) is 1. The third kappa shape index (κ3) is 4.04. The van der Waals surface area contributed by atoms with E-state index in [4.69, 9.17) is 10.5 Å². The fourth-order valence-electron chi connectivity index (χ4n) is 1.33. The summed E-state index contributed by atoms with van der Waals surface area (Å²) in [5.74, 6) is 1.64. The Bertz CT molecular complexity index is 456. The molecule has 2 rings (SSSR count). The van der Waals surface area contributed by atoms with E-state index in [2.05, 4.69) is 15.9 Å². The van der Waals surface area contributed by atoms with Crippen molar-refractivity contribution in [3.8, 4) is 11.5 Å². The summed E-state index contributed by atoms with van der Waals surface area (Å²) in [4.78, 5) is 0. The summed E-state index contributed by atoms with van der Waals surface area (Å²) in [6, 6.07) is 15.5. The number of hydrogen-bond acceptors (Lipinski definition) is 2. The Morgan fingerprint density at radius 3 is 1.82 bits per heavy atom. The summed E-state index contributed by atoms with van der Waals surface area (Å²) < 4.78 is 6.71. The Morgan fingerprint density at radius 2 is 1.35 bits per heavy atom. The molecule has 2 nitrogen and oxygen atoms in total. The molecule has 2 aromatic rings. The van der Waals surface area contributed by atoms with E-state index in [1.807, 2.05) is 48.5 Å². The molecule has 0 saturated carbocycles. The van der Waals surface area contributed by atoms with Crippen molar-refractivity contribution in [2.24, 2.45) is 5.73 Å². The normalized spacial score (nSPS) is 9.53. The maximum atomic E-state index is 5.67. The average Bonchev–Trinajstić information content (AvgIpc) is 2.33. The highest BCUT2D eigenvalue weighted by atomic mass is 79.9. The van der Waals surface area contributed by atoms with Crippen LogP contribution in [0.15, 0.2) is 53.0 Å². The zero-order valence-electron chi connectivity index (χ0n) is 9.10. The third-order valence-corrected chi connectivity index (χ3v) is 2.74. The van der Waals surface area contributed by atoms with Crippen LogP contribution in [0.4, 0.5) is 0 Å². The van der Waals surface area contributed by atoms with Crippen molar-refractivity contribution in [3.05, 3.63) is 58.6 Å². The van der Waals surface area contributed by atoms with Gasteiger partial charge in [-0.2, -0.15) is 0 Å². The van der Waals surface area contributed by atoms with Gasteiger partial charge in [-0.05, 0) is 42.0 Å². The second kappa shape index (κ2) is 6.64. The van der Waals surface area contributed by atoms with Gasteiger partial charge in [0.2, 0.25) is 0 Å². The van der Waals surface area contributed by atoms with Gasteiger partial charge in [-0.1, -0.05) is 28.1 Å². The molecule has 2 N–H and O–H groups in total. The standard InChI is InChI=1S/C13H12BrNO.ClH/c14-11-3-7-13(8-4-11)16-12-5-1-10(9-15)2-6-12;/h1-8H,9,15H2;1H. The summed E-state index contributed by atoms with van der Waals surface area (Å²) in [6.07, 6.45) is 0. The molecule has 90 valence electrons. The van der Waals surface area contributed by atoms with E-state index in [1.54, 1.807) is 0 Å². The van der Waals surface area contributed by atoms with Gasteiger partial charge in [-0.3, -0.25) is 0 Å². The first-order chi connectivity index (χ1) is 7.78. The first-order valence-electron chi connectivity index (χ1n) is 5.00. The zero-order valence-corrected chi connectivity index (χ0v) is 11.5. The highest BCUT2D eigenvalue weighted by molar-refractivity contribution is 9.10. The smallest absolute Gasteiger partial charge is 0.127 e. The maximum Gasteiger partial charge on any atom is 0.127 e. The number of rotatable bonds is 3. The summed E-state index contributed by atoms with van der Waals surface area (Å²) >= 11 is 3.38. The van der Waals surface area contributed by atoms with Crippen LogP contribution in [0.3, 0.4) is 0 Å². The van der Waals surface area contributed by atoms with Gasteiger partial charge in [0, 0.05) is 11.0 Å². The molecule has 0 aliphatic carbocycles. The Hall–Kier alpha value is -1.03. The molecule has 0 aliphatic heterocycles. The highest BCUT2D eigenvalue weighted by Crippen LogP contribution is 2.23. The third-order valence-electron chi connectivity index (χ3n) is 2.21. The predicted molar refractivity (Wildman–Crippen MR) is 75.8 cm³/mol. The molecule has 0 fully saturated rings. The van der Waals surface area contributed by atoms with E-state index in [9.17, 15) is 0 Å². The van der Waals surface area contributed by atoms with Crippen molar-refractivity contribution >= 4 is 28.3 Å². The Kier molecular flexibility index (Phi) is 5.48. The molecule has 0 aromatic heterocycles. The second-order valence-corrected chi connectivity index (χ2v) is 4.32. The quantitative estimate of drug-likeness (QED) is 0.925. The van der Waals surface area contributed by atoms with Crippen molar-refractivity contribution in [1.29, 1.82) is 0 Å². The molecule has 0 bridgehead atoms. The molecule has 0 aliphatic rings. The molecular formula is C13H13BrClNO. The fraction of sp³-hybridized carbons (Fsp3) is 0.0769. The Balaban J connectivity index is 0.00000144. The van der Waals surface area contributed by atoms with E-state index >= 15 is 0 Å². The van der Waals surface area contributed by atoms with Gasteiger partial charge in [0.15, 0.2) is 0 Å². The zero-order chi connectivity index (χ0) is 11.4. The van der Waals surface area contributed by atoms with Crippen molar-refractivity contribution in [1.82, 2.24) is 0 Å². The van der Waals surface area contributed by atoms with E-state index in [1.165, 1.54) is 0 Å². The largest absolute Gasteiger partial charge is 0.457 e.